The number of hydrogen-bond acceptors (Lipinski definition) is 3. The van der Waals surface area contributed by atoms with Crippen LogP contribution in [0.5, 0.6) is 0 Å². The molecular weight excluding hydrogens is 156 g/mol. The second-order valence-electron chi connectivity index (χ2n) is 2.99. The third-order valence-electron chi connectivity index (χ3n) is 1.88. The zero-order chi connectivity index (χ0) is 9.14. The van der Waals surface area contributed by atoms with Crippen molar-refractivity contribution >= 4 is 11.8 Å². The van der Waals surface area contributed by atoms with Crippen molar-refractivity contribution in [2.24, 2.45) is 5.92 Å². The number of carbonyl (C=O) groups is 2. The Morgan fingerprint density at radius 1 is 1.67 bits per heavy atom. The molecule has 0 aromatic rings. The standard InChI is InChI=1S/C9H12O3/c1-3-4-7-8(10)5-6(2)12-9(7)11/h3,6-7H,1,4-5H2,2H3. The summed E-state index contributed by atoms with van der Waals surface area (Å²) >= 11 is 0. The van der Waals surface area contributed by atoms with Crippen molar-refractivity contribution in [1.29, 1.82) is 0 Å². The van der Waals surface area contributed by atoms with Crippen LogP contribution in [0.2, 0.25) is 0 Å². The van der Waals surface area contributed by atoms with E-state index >= 15 is 0 Å². The van der Waals surface area contributed by atoms with Gasteiger partial charge < -0.3 is 4.74 Å². The number of rotatable bonds is 2. The molecule has 12 heavy (non-hydrogen) atoms. The van der Waals surface area contributed by atoms with E-state index in [0.717, 1.165) is 0 Å². The SMILES string of the molecule is C=CCC1C(=O)CC(C)OC1=O. The highest BCUT2D eigenvalue weighted by atomic mass is 16.5. The van der Waals surface area contributed by atoms with Crippen molar-refractivity contribution in [2.45, 2.75) is 25.9 Å². The molecule has 1 rings (SSSR count). The van der Waals surface area contributed by atoms with E-state index in [1.165, 1.54) is 0 Å². The van der Waals surface area contributed by atoms with Crippen molar-refractivity contribution in [3.63, 3.8) is 0 Å². The molecule has 1 aliphatic heterocycles. The molecule has 66 valence electrons. The number of cyclic esters (lactones) is 1. The molecule has 1 heterocycles. The lowest BCUT2D eigenvalue weighted by atomic mass is 9.94. The van der Waals surface area contributed by atoms with Gasteiger partial charge in [-0.3, -0.25) is 9.59 Å². The number of ketones is 1. The molecule has 0 radical (unpaired) electrons. The Hall–Kier alpha value is -1.12. The van der Waals surface area contributed by atoms with Crippen LogP contribution in [0.1, 0.15) is 19.8 Å². The number of carbonyl (C=O) groups excluding carboxylic acids is 2. The molecule has 0 aromatic heterocycles. The summed E-state index contributed by atoms with van der Waals surface area (Å²) in [5, 5.41) is 0. The fourth-order valence-corrected chi connectivity index (χ4v) is 1.27. The maximum atomic E-state index is 11.3. The van der Waals surface area contributed by atoms with E-state index in [1.807, 2.05) is 0 Å². The number of ether oxygens (including phenoxy) is 1. The minimum atomic E-state index is -0.598. The topological polar surface area (TPSA) is 43.4 Å². The molecule has 0 aromatic carbocycles. The van der Waals surface area contributed by atoms with Gasteiger partial charge >= 0.3 is 5.97 Å². The lowest BCUT2D eigenvalue weighted by Gasteiger charge is -2.23. The minimum absolute atomic E-state index is 0.0290. The van der Waals surface area contributed by atoms with Gasteiger partial charge in [0.25, 0.3) is 0 Å². The third kappa shape index (κ3) is 1.72. The Labute approximate surface area is 71.4 Å². The molecule has 0 saturated carbocycles. The van der Waals surface area contributed by atoms with E-state index in [1.54, 1.807) is 13.0 Å². The van der Waals surface area contributed by atoms with Crippen molar-refractivity contribution < 1.29 is 14.3 Å². The molecule has 1 aliphatic rings. The van der Waals surface area contributed by atoms with Crippen LogP contribution in [0.25, 0.3) is 0 Å². The molecule has 3 heteroatoms. The van der Waals surface area contributed by atoms with Crippen LogP contribution >= 0.6 is 0 Å². The molecule has 0 N–H and O–H groups in total. The molecule has 2 unspecified atom stereocenters. The fraction of sp³-hybridized carbons (Fsp3) is 0.556. The molecule has 0 amide bonds. The van der Waals surface area contributed by atoms with E-state index in [9.17, 15) is 9.59 Å². The van der Waals surface area contributed by atoms with Crippen molar-refractivity contribution in [3.8, 4) is 0 Å². The highest BCUT2D eigenvalue weighted by molar-refractivity contribution is 6.01. The number of Topliss-reactive ketones (excluding diaryl/α,β-unsaturated/α-hetero) is 1. The number of esters is 1. The Bertz CT molecular complexity index is 202. The Morgan fingerprint density at radius 3 is 2.83 bits per heavy atom. The van der Waals surface area contributed by atoms with Crippen LogP contribution in [-0.2, 0) is 14.3 Å². The van der Waals surface area contributed by atoms with E-state index < -0.39 is 11.9 Å². The van der Waals surface area contributed by atoms with Gasteiger partial charge in [0.05, 0.1) is 0 Å². The van der Waals surface area contributed by atoms with Gasteiger partial charge in [-0.15, -0.1) is 6.58 Å². The van der Waals surface area contributed by atoms with Crippen LogP contribution in [0.4, 0.5) is 0 Å². The van der Waals surface area contributed by atoms with Gasteiger partial charge in [-0.05, 0) is 13.3 Å². The third-order valence-corrected chi connectivity index (χ3v) is 1.88. The Kier molecular flexibility index (Phi) is 2.63. The van der Waals surface area contributed by atoms with E-state index in [-0.39, 0.29) is 11.9 Å². The lowest BCUT2D eigenvalue weighted by Crippen LogP contribution is -2.36. The average molecular weight is 168 g/mol. The number of allylic oxidation sites excluding steroid dienone is 1. The molecule has 0 aliphatic carbocycles. The quantitative estimate of drug-likeness (QED) is 0.352. The van der Waals surface area contributed by atoms with Gasteiger partial charge in [-0.2, -0.15) is 0 Å². The lowest BCUT2D eigenvalue weighted by molar-refractivity contribution is -0.163. The zero-order valence-corrected chi connectivity index (χ0v) is 7.08. The van der Waals surface area contributed by atoms with Crippen LogP contribution in [0.15, 0.2) is 12.7 Å². The Morgan fingerprint density at radius 2 is 2.33 bits per heavy atom. The van der Waals surface area contributed by atoms with Gasteiger partial charge in [-0.1, -0.05) is 6.08 Å². The van der Waals surface area contributed by atoms with Gasteiger partial charge in [0.15, 0.2) is 5.78 Å². The first kappa shape index (κ1) is 8.97. The summed E-state index contributed by atoms with van der Waals surface area (Å²) in [5.74, 6) is -1.03. The molecule has 1 saturated heterocycles. The second kappa shape index (κ2) is 3.52. The normalized spacial score (nSPS) is 29.8. The van der Waals surface area contributed by atoms with Crippen molar-refractivity contribution in [2.75, 3.05) is 0 Å². The molecule has 1 fully saturated rings. The van der Waals surface area contributed by atoms with E-state index in [2.05, 4.69) is 6.58 Å². The van der Waals surface area contributed by atoms with Crippen LogP contribution in [0, 0.1) is 5.92 Å². The van der Waals surface area contributed by atoms with E-state index in [0.29, 0.717) is 12.8 Å². The highest BCUT2D eigenvalue weighted by Crippen LogP contribution is 2.19. The summed E-state index contributed by atoms with van der Waals surface area (Å²) < 4.78 is 4.91. The summed E-state index contributed by atoms with van der Waals surface area (Å²) in [6, 6.07) is 0. The van der Waals surface area contributed by atoms with Gasteiger partial charge in [0, 0.05) is 6.42 Å². The maximum absolute atomic E-state index is 11.3. The molecule has 0 bridgehead atoms. The van der Waals surface area contributed by atoms with Crippen LogP contribution in [-0.4, -0.2) is 17.9 Å². The predicted molar refractivity (Wildman–Crippen MR) is 43.5 cm³/mol. The highest BCUT2D eigenvalue weighted by Gasteiger charge is 2.33. The number of hydrogen-bond donors (Lipinski definition) is 0. The molecule has 3 nitrogen and oxygen atoms in total. The minimum Gasteiger partial charge on any atom is -0.462 e. The largest absolute Gasteiger partial charge is 0.462 e. The maximum Gasteiger partial charge on any atom is 0.317 e. The van der Waals surface area contributed by atoms with Gasteiger partial charge in [-0.25, -0.2) is 0 Å². The molecular formula is C9H12O3. The Balaban J connectivity index is 2.66. The van der Waals surface area contributed by atoms with Crippen molar-refractivity contribution in [1.82, 2.24) is 0 Å². The predicted octanol–water partition coefficient (Wildman–Crippen LogP) is 1.08. The van der Waals surface area contributed by atoms with Crippen molar-refractivity contribution in [3.05, 3.63) is 12.7 Å². The first-order valence-corrected chi connectivity index (χ1v) is 3.99. The van der Waals surface area contributed by atoms with Gasteiger partial charge in [0.1, 0.15) is 12.0 Å². The summed E-state index contributed by atoms with van der Waals surface area (Å²) in [6.45, 7) is 5.20. The van der Waals surface area contributed by atoms with Crippen LogP contribution < -0.4 is 0 Å². The molecule has 2 atom stereocenters. The smallest absolute Gasteiger partial charge is 0.317 e. The zero-order valence-electron chi connectivity index (χ0n) is 7.08. The monoisotopic (exact) mass is 168 g/mol. The van der Waals surface area contributed by atoms with Gasteiger partial charge in [0.2, 0.25) is 0 Å². The summed E-state index contributed by atoms with van der Waals surface area (Å²) in [4.78, 5) is 22.4. The fourth-order valence-electron chi connectivity index (χ4n) is 1.27. The average Bonchev–Trinajstić information content (AvgIpc) is 1.96. The van der Waals surface area contributed by atoms with E-state index in [4.69, 9.17) is 4.74 Å². The van der Waals surface area contributed by atoms with Crippen LogP contribution in [0.3, 0.4) is 0 Å². The summed E-state index contributed by atoms with van der Waals surface area (Å²) in [5.41, 5.74) is 0. The summed E-state index contributed by atoms with van der Waals surface area (Å²) in [7, 11) is 0. The second-order valence-corrected chi connectivity index (χ2v) is 2.99. The molecule has 0 spiro atoms. The first-order valence-electron chi connectivity index (χ1n) is 3.99. The summed E-state index contributed by atoms with van der Waals surface area (Å²) in [6.07, 6.45) is 2.04. The first-order chi connectivity index (χ1) is 5.65.